The first-order valence-corrected chi connectivity index (χ1v) is 7.02. The van der Waals surface area contributed by atoms with Crippen molar-refractivity contribution in [2.24, 2.45) is 0 Å². The molecule has 4 nitrogen and oxygen atoms in total. The van der Waals surface area contributed by atoms with Crippen molar-refractivity contribution in [2.45, 2.75) is 26.5 Å². The highest BCUT2D eigenvalue weighted by molar-refractivity contribution is 5.35. The van der Waals surface area contributed by atoms with Gasteiger partial charge in [-0.05, 0) is 19.5 Å². The second-order valence-corrected chi connectivity index (χ2v) is 5.15. The Hall–Kier alpha value is -1.10. The van der Waals surface area contributed by atoms with Gasteiger partial charge in [-0.2, -0.15) is 0 Å². The van der Waals surface area contributed by atoms with Crippen LogP contribution < -0.4 is 5.32 Å². The number of nitrogens with one attached hydrogen (secondary N) is 1. The number of morpholine rings is 1. The van der Waals surface area contributed by atoms with Crippen molar-refractivity contribution in [3.63, 3.8) is 0 Å². The zero-order valence-electron chi connectivity index (χ0n) is 11.9. The average molecular weight is 264 g/mol. The molecular weight excluding hydrogens is 240 g/mol. The quantitative estimate of drug-likeness (QED) is 0.846. The molecule has 0 bridgehead atoms. The Morgan fingerprint density at radius 3 is 3.11 bits per heavy atom. The third-order valence-electron chi connectivity index (χ3n) is 3.59. The Morgan fingerprint density at radius 2 is 2.32 bits per heavy atom. The first-order valence-electron chi connectivity index (χ1n) is 7.02. The number of phenols is 1. The van der Waals surface area contributed by atoms with Gasteiger partial charge in [0, 0.05) is 31.7 Å². The summed E-state index contributed by atoms with van der Waals surface area (Å²) in [5.41, 5.74) is 2.11. The summed E-state index contributed by atoms with van der Waals surface area (Å²) in [4.78, 5) is 2.40. The molecular formula is C15H24N2O2. The van der Waals surface area contributed by atoms with Crippen LogP contribution in [0.4, 0.5) is 0 Å². The van der Waals surface area contributed by atoms with E-state index in [0.717, 1.165) is 38.3 Å². The normalized spacial score (nSPS) is 20.6. The SMILES string of the molecule is CCN1CCOC(CNCc2cc(C)ccc2O)C1. The molecule has 2 N–H and O–H groups in total. The Kier molecular flexibility index (Phi) is 5.19. The van der Waals surface area contributed by atoms with Gasteiger partial charge in [0.05, 0.1) is 12.7 Å². The molecule has 19 heavy (non-hydrogen) atoms. The summed E-state index contributed by atoms with van der Waals surface area (Å²) in [5.74, 6) is 0.359. The fourth-order valence-electron chi connectivity index (χ4n) is 2.41. The van der Waals surface area contributed by atoms with E-state index >= 15 is 0 Å². The Balaban J connectivity index is 1.78. The third kappa shape index (κ3) is 4.20. The molecule has 0 spiro atoms. The minimum atomic E-state index is 0.251. The number of aryl methyl sites for hydroxylation is 1. The van der Waals surface area contributed by atoms with Crippen molar-refractivity contribution in [1.29, 1.82) is 0 Å². The van der Waals surface area contributed by atoms with Gasteiger partial charge in [0.15, 0.2) is 0 Å². The van der Waals surface area contributed by atoms with Crippen LogP contribution in [0.25, 0.3) is 0 Å². The molecule has 0 radical (unpaired) electrons. The molecule has 2 rings (SSSR count). The molecule has 1 aromatic carbocycles. The molecule has 1 fully saturated rings. The minimum Gasteiger partial charge on any atom is -0.508 e. The molecule has 1 atom stereocenters. The molecule has 106 valence electrons. The third-order valence-corrected chi connectivity index (χ3v) is 3.59. The molecule has 1 aliphatic rings. The Bertz CT molecular complexity index is 409. The van der Waals surface area contributed by atoms with Gasteiger partial charge in [0.25, 0.3) is 0 Å². The lowest BCUT2D eigenvalue weighted by Crippen LogP contribution is -2.46. The van der Waals surface area contributed by atoms with Crippen molar-refractivity contribution in [3.05, 3.63) is 29.3 Å². The van der Waals surface area contributed by atoms with Crippen molar-refractivity contribution in [3.8, 4) is 5.75 Å². The number of aromatic hydroxyl groups is 1. The van der Waals surface area contributed by atoms with Gasteiger partial charge in [0.1, 0.15) is 5.75 Å². The lowest BCUT2D eigenvalue weighted by Gasteiger charge is -2.32. The van der Waals surface area contributed by atoms with Crippen LogP contribution in [0.2, 0.25) is 0 Å². The van der Waals surface area contributed by atoms with Gasteiger partial charge in [-0.3, -0.25) is 4.90 Å². The second-order valence-electron chi connectivity index (χ2n) is 5.15. The molecule has 0 aromatic heterocycles. The summed E-state index contributed by atoms with van der Waals surface area (Å²) in [6.07, 6.45) is 0.251. The molecule has 0 saturated carbocycles. The van der Waals surface area contributed by atoms with Crippen molar-refractivity contribution >= 4 is 0 Å². The van der Waals surface area contributed by atoms with Crippen LogP contribution in [-0.2, 0) is 11.3 Å². The summed E-state index contributed by atoms with van der Waals surface area (Å²) in [7, 11) is 0. The van der Waals surface area contributed by atoms with E-state index in [1.165, 1.54) is 5.56 Å². The zero-order valence-corrected chi connectivity index (χ0v) is 11.9. The maximum atomic E-state index is 9.77. The van der Waals surface area contributed by atoms with Gasteiger partial charge < -0.3 is 15.2 Å². The van der Waals surface area contributed by atoms with Gasteiger partial charge in [-0.1, -0.05) is 24.6 Å². The van der Waals surface area contributed by atoms with E-state index in [2.05, 4.69) is 17.1 Å². The predicted octanol–water partition coefficient (Wildman–Crippen LogP) is 1.51. The van der Waals surface area contributed by atoms with E-state index in [0.29, 0.717) is 12.3 Å². The van der Waals surface area contributed by atoms with Crippen LogP contribution in [0, 0.1) is 6.92 Å². The van der Waals surface area contributed by atoms with Gasteiger partial charge in [0.2, 0.25) is 0 Å². The summed E-state index contributed by atoms with van der Waals surface area (Å²) < 4.78 is 5.74. The van der Waals surface area contributed by atoms with E-state index < -0.39 is 0 Å². The molecule has 1 heterocycles. The van der Waals surface area contributed by atoms with Gasteiger partial charge in [-0.15, -0.1) is 0 Å². The van der Waals surface area contributed by atoms with E-state index in [1.54, 1.807) is 6.07 Å². The number of benzene rings is 1. The number of phenolic OH excluding ortho intramolecular Hbond substituents is 1. The highest BCUT2D eigenvalue weighted by atomic mass is 16.5. The van der Waals surface area contributed by atoms with Gasteiger partial charge in [-0.25, -0.2) is 0 Å². The van der Waals surface area contributed by atoms with Crippen LogP contribution in [0.5, 0.6) is 5.75 Å². The minimum absolute atomic E-state index is 0.251. The lowest BCUT2D eigenvalue weighted by molar-refractivity contribution is -0.0253. The summed E-state index contributed by atoms with van der Waals surface area (Å²) >= 11 is 0. The van der Waals surface area contributed by atoms with Crippen LogP contribution in [0.1, 0.15) is 18.1 Å². The first kappa shape index (κ1) is 14.3. The molecule has 0 aliphatic carbocycles. The zero-order chi connectivity index (χ0) is 13.7. The van der Waals surface area contributed by atoms with E-state index in [1.807, 2.05) is 19.1 Å². The largest absolute Gasteiger partial charge is 0.508 e. The molecule has 1 aromatic rings. The molecule has 4 heteroatoms. The van der Waals surface area contributed by atoms with Crippen molar-refractivity contribution in [1.82, 2.24) is 10.2 Å². The van der Waals surface area contributed by atoms with Crippen LogP contribution in [0.3, 0.4) is 0 Å². The number of hydrogen-bond acceptors (Lipinski definition) is 4. The van der Waals surface area contributed by atoms with E-state index in [9.17, 15) is 5.11 Å². The Morgan fingerprint density at radius 1 is 1.47 bits per heavy atom. The number of hydrogen-bond donors (Lipinski definition) is 2. The van der Waals surface area contributed by atoms with Crippen LogP contribution in [-0.4, -0.2) is 48.9 Å². The smallest absolute Gasteiger partial charge is 0.120 e. The van der Waals surface area contributed by atoms with E-state index in [4.69, 9.17) is 4.74 Å². The average Bonchev–Trinajstić information content (AvgIpc) is 2.43. The topological polar surface area (TPSA) is 44.7 Å². The highest BCUT2D eigenvalue weighted by Crippen LogP contribution is 2.17. The fraction of sp³-hybridized carbons (Fsp3) is 0.600. The van der Waals surface area contributed by atoms with Gasteiger partial charge >= 0.3 is 0 Å². The predicted molar refractivity (Wildman–Crippen MR) is 76.4 cm³/mol. The van der Waals surface area contributed by atoms with Crippen molar-refractivity contribution in [2.75, 3.05) is 32.8 Å². The summed E-state index contributed by atoms with van der Waals surface area (Å²) in [5, 5.41) is 13.1. The monoisotopic (exact) mass is 264 g/mol. The summed E-state index contributed by atoms with van der Waals surface area (Å²) in [6.45, 7) is 9.64. The number of ether oxygens (including phenoxy) is 1. The second kappa shape index (κ2) is 6.89. The van der Waals surface area contributed by atoms with E-state index in [-0.39, 0.29) is 6.10 Å². The first-order chi connectivity index (χ1) is 9.19. The van der Waals surface area contributed by atoms with Crippen molar-refractivity contribution < 1.29 is 9.84 Å². The molecule has 1 saturated heterocycles. The number of likely N-dealkylation sites (N-methyl/N-ethyl adjacent to an activating group) is 1. The molecule has 1 unspecified atom stereocenters. The Labute approximate surface area is 115 Å². The number of nitrogens with zero attached hydrogens (tertiary/aromatic N) is 1. The van der Waals surface area contributed by atoms with Crippen LogP contribution in [0.15, 0.2) is 18.2 Å². The maximum Gasteiger partial charge on any atom is 0.120 e. The maximum absolute atomic E-state index is 9.77. The number of rotatable bonds is 5. The highest BCUT2D eigenvalue weighted by Gasteiger charge is 2.18. The fourth-order valence-corrected chi connectivity index (χ4v) is 2.41. The standard InChI is InChI=1S/C15H24N2O2/c1-3-17-6-7-19-14(11-17)10-16-9-13-8-12(2)4-5-15(13)18/h4-5,8,14,16,18H,3,6-7,9-11H2,1-2H3. The van der Waals surface area contributed by atoms with Crippen LogP contribution >= 0.6 is 0 Å². The molecule has 1 aliphatic heterocycles. The summed E-state index contributed by atoms with van der Waals surface area (Å²) in [6, 6.07) is 5.69. The lowest BCUT2D eigenvalue weighted by atomic mass is 10.1. The molecule has 0 amide bonds.